The molecule has 3 rings (SSSR count). The smallest absolute Gasteiger partial charge is 0.399 e. The molecule has 0 aliphatic carbocycles. The number of nitrogens with zero attached hydrogens (tertiary/aromatic N) is 2. The summed E-state index contributed by atoms with van der Waals surface area (Å²) < 4.78 is 14.3. The van der Waals surface area contributed by atoms with Gasteiger partial charge in [-0.25, -0.2) is 4.98 Å². The van der Waals surface area contributed by atoms with Gasteiger partial charge in [0.1, 0.15) is 0 Å². The van der Waals surface area contributed by atoms with Crippen LogP contribution in [0.15, 0.2) is 30.6 Å². The van der Waals surface area contributed by atoms with Crippen LogP contribution in [0.3, 0.4) is 0 Å². The first-order valence-corrected chi connectivity index (χ1v) is 8.23. The molecular formula is C18H25BN2O2. The predicted octanol–water partition coefficient (Wildman–Crippen LogP) is 3.18. The number of hydrogen-bond acceptors (Lipinski definition) is 3. The molecule has 0 spiro atoms. The molecule has 0 atom stereocenters. The van der Waals surface area contributed by atoms with Gasteiger partial charge in [-0.3, -0.25) is 0 Å². The Hall–Kier alpha value is -1.59. The summed E-state index contributed by atoms with van der Waals surface area (Å²) in [6.45, 7) is 13.5. The topological polar surface area (TPSA) is 36.3 Å². The number of rotatable bonds is 3. The Balaban J connectivity index is 1.85. The zero-order valence-corrected chi connectivity index (χ0v) is 14.9. The van der Waals surface area contributed by atoms with Crippen LogP contribution in [0, 0.1) is 6.92 Å². The van der Waals surface area contributed by atoms with Crippen LogP contribution in [0.1, 0.15) is 40.3 Å². The van der Waals surface area contributed by atoms with Crippen LogP contribution in [-0.4, -0.2) is 27.9 Å². The Bertz CT molecular complexity index is 688. The van der Waals surface area contributed by atoms with E-state index in [2.05, 4.69) is 75.4 Å². The van der Waals surface area contributed by atoms with E-state index in [1.165, 1.54) is 5.69 Å². The van der Waals surface area contributed by atoms with Crippen molar-refractivity contribution >= 4 is 12.6 Å². The first kappa shape index (κ1) is 16.3. The molecule has 1 aliphatic heterocycles. The fourth-order valence-corrected chi connectivity index (χ4v) is 2.82. The van der Waals surface area contributed by atoms with Gasteiger partial charge in [-0.2, -0.15) is 0 Å². The zero-order chi connectivity index (χ0) is 16.8. The van der Waals surface area contributed by atoms with E-state index in [1.54, 1.807) is 0 Å². The Kier molecular flexibility index (Phi) is 3.89. The van der Waals surface area contributed by atoms with Gasteiger partial charge in [-0.05, 0) is 47.0 Å². The molecular weight excluding hydrogens is 287 g/mol. The predicted molar refractivity (Wildman–Crippen MR) is 93.8 cm³/mol. The van der Waals surface area contributed by atoms with E-state index in [4.69, 9.17) is 9.31 Å². The molecule has 5 heteroatoms. The normalized spacial score (nSPS) is 19.3. The maximum absolute atomic E-state index is 6.10. The Labute approximate surface area is 139 Å². The summed E-state index contributed by atoms with van der Waals surface area (Å²) >= 11 is 0. The molecule has 1 saturated heterocycles. The summed E-state index contributed by atoms with van der Waals surface area (Å²) in [5.74, 6) is 0. The standard InChI is InChI=1S/C18H25BN2O2/c1-7-21-12-20-16(13(21)2)14-8-10-15(11-9-14)19-22-17(3,4)18(5,6)23-19/h8-12H,7H2,1-6H3. The second kappa shape index (κ2) is 5.50. The minimum Gasteiger partial charge on any atom is -0.399 e. The fraction of sp³-hybridized carbons (Fsp3) is 0.500. The van der Waals surface area contributed by atoms with Crippen molar-refractivity contribution in [1.82, 2.24) is 9.55 Å². The lowest BCUT2D eigenvalue weighted by Gasteiger charge is -2.32. The highest BCUT2D eigenvalue weighted by Gasteiger charge is 2.51. The van der Waals surface area contributed by atoms with Crippen molar-refractivity contribution in [2.45, 2.75) is 59.3 Å². The number of hydrogen-bond donors (Lipinski definition) is 0. The molecule has 0 N–H and O–H groups in total. The van der Waals surface area contributed by atoms with Gasteiger partial charge in [0.25, 0.3) is 0 Å². The van der Waals surface area contributed by atoms with Crippen molar-refractivity contribution in [3.63, 3.8) is 0 Å². The first-order valence-electron chi connectivity index (χ1n) is 8.23. The molecule has 0 unspecified atom stereocenters. The molecule has 0 saturated carbocycles. The van der Waals surface area contributed by atoms with Crippen molar-refractivity contribution in [2.75, 3.05) is 0 Å². The minimum atomic E-state index is -0.316. The third kappa shape index (κ3) is 2.72. The summed E-state index contributed by atoms with van der Waals surface area (Å²) in [6.07, 6.45) is 1.90. The van der Waals surface area contributed by atoms with Crippen LogP contribution in [-0.2, 0) is 15.9 Å². The van der Waals surface area contributed by atoms with E-state index in [0.29, 0.717) is 0 Å². The Morgan fingerprint density at radius 3 is 2.09 bits per heavy atom. The highest BCUT2D eigenvalue weighted by molar-refractivity contribution is 6.62. The van der Waals surface area contributed by atoms with Crippen molar-refractivity contribution in [2.24, 2.45) is 0 Å². The lowest BCUT2D eigenvalue weighted by Crippen LogP contribution is -2.41. The molecule has 1 aromatic heterocycles. The molecule has 1 aromatic carbocycles. The van der Waals surface area contributed by atoms with Gasteiger partial charge in [0.15, 0.2) is 0 Å². The summed E-state index contributed by atoms with van der Waals surface area (Å²) in [5, 5.41) is 0. The van der Waals surface area contributed by atoms with Gasteiger partial charge in [-0.1, -0.05) is 24.3 Å². The average molecular weight is 312 g/mol. The molecule has 4 nitrogen and oxygen atoms in total. The van der Waals surface area contributed by atoms with Crippen LogP contribution >= 0.6 is 0 Å². The molecule has 0 radical (unpaired) electrons. The number of aromatic nitrogens is 2. The third-order valence-electron chi connectivity index (χ3n) is 5.15. The van der Waals surface area contributed by atoms with Gasteiger partial charge in [-0.15, -0.1) is 0 Å². The second-order valence-electron chi connectivity index (χ2n) is 7.17. The zero-order valence-electron chi connectivity index (χ0n) is 14.9. The van der Waals surface area contributed by atoms with E-state index >= 15 is 0 Å². The van der Waals surface area contributed by atoms with Crippen LogP contribution in [0.25, 0.3) is 11.3 Å². The van der Waals surface area contributed by atoms with E-state index < -0.39 is 0 Å². The molecule has 0 bridgehead atoms. The van der Waals surface area contributed by atoms with E-state index in [9.17, 15) is 0 Å². The molecule has 122 valence electrons. The van der Waals surface area contributed by atoms with Crippen molar-refractivity contribution in [3.05, 3.63) is 36.3 Å². The van der Waals surface area contributed by atoms with E-state index in [-0.39, 0.29) is 18.3 Å². The largest absolute Gasteiger partial charge is 0.494 e. The summed E-state index contributed by atoms with van der Waals surface area (Å²) in [4.78, 5) is 4.53. The molecule has 23 heavy (non-hydrogen) atoms. The first-order chi connectivity index (χ1) is 10.7. The Morgan fingerprint density at radius 1 is 1.04 bits per heavy atom. The number of aryl methyl sites for hydroxylation is 1. The summed E-state index contributed by atoms with van der Waals surface area (Å²) in [7, 11) is -0.316. The maximum Gasteiger partial charge on any atom is 0.494 e. The average Bonchev–Trinajstić information content (AvgIpc) is 2.96. The van der Waals surface area contributed by atoms with Crippen LogP contribution in [0.4, 0.5) is 0 Å². The molecule has 0 amide bonds. The molecule has 1 aliphatic rings. The quantitative estimate of drug-likeness (QED) is 0.817. The van der Waals surface area contributed by atoms with Crippen LogP contribution in [0.5, 0.6) is 0 Å². The van der Waals surface area contributed by atoms with Gasteiger partial charge in [0, 0.05) is 17.8 Å². The second-order valence-corrected chi connectivity index (χ2v) is 7.17. The minimum absolute atomic E-state index is 0.313. The highest BCUT2D eigenvalue weighted by Crippen LogP contribution is 2.36. The third-order valence-corrected chi connectivity index (χ3v) is 5.15. The maximum atomic E-state index is 6.10. The van der Waals surface area contributed by atoms with Gasteiger partial charge in [0.05, 0.1) is 23.2 Å². The van der Waals surface area contributed by atoms with Gasteiger partial charge >= 0.3 is 7.12 Å². The van der Waals surface area contributed by atoms with Gasteiger partial charge in [0.2, 0.25) is 0 Å². The van der Waals surface area contributed by atoms with Crippen molar-refractivity contribution in [3.8, 4) is 11.3 Å². The SMILES string of the molecule is CCn1cnc(-c2ccc(B3OC(C)(C)C(C)(C)O3)cc2)c1C. The fourth-order valence-electron chi connectivity index (χ4n) is 2.82. The molecule has 2 aromatic rings. The highest BCUT2D eigenvalue weighted by atomic mass is 16.7. The van der Waals surface area contributed by atoms with Gasteiger partial charge < -0.3 is 13.9 Å². The monoisotopic (exact) mass is 312 g/mol. The van der Waals surface area contributed by atoms with E-state index in [1.807, 2.05) is 6.33 Å². The van der Waals surface area contributed by atoms with Crippen molar-refractivity contribution in [1.29, 1.82) is 0 Å². The van der Waals surface area contributed by atoms with Crippen LogP contribution in [0.2, 0.25) is 0 Å². The van der Waals surface area contributed by atoms with Crippen molar-refractivity contribution < 1.29 is 9.31 Å². The van der Waals surface area contributed by atoms with E-state index in [0.717, 1.165) is 23.3 Å². The lowest BCUT2D eigenvalue weighted by molar-refractivity contribution is 0.00578. The Morgan fingerprint density at radius 2 is 1.61 bits per heavy atom. The molecule has 2 heterocycles. The summed E-state index contributed by atoms with van der Waals surface area (Å²) in [6, 6.07) is 8.33. The molecule has 1 fully saturated rings. The summed E-state index contributed by atoms with van der Waals surface area (Å²) in [5.41, 5.74) is 3.76. The van der Waals surface area contributed by atoms with Crippen LogP contribution < -0.4 is 5.46 Å². The number of benzene rings is 1. The number of imidazole rings is 1. The lowest BCUT2D eigenvalue weighted by atomic mass is 9.79.